The Bertz CT molecular complexity index is 618. The van der Waals surface area contributed by atoms with Gasteiger partial charge in [0.25, 0.3) is 0 Å². The van der Waals surface area contributed by atoms with Crippen LogP contribution in [0.2, 0.25) is 0 Å². The maximum Gasteiger partial charge on any atom is 0.304 e. The third-order valence-electron chi connectivity index (χ3n) is 3.04. The van der Waals surface area contributed by atoms with E-state index in [9.17, 15) is 15.2 Å². The molecule has 0 amide bonds. The molecule has 2 heterocycles. The third-order valence-corrected chi connectivity index (χ3v) is 4.45. The van der Waals surface area contributed by atoms with Gasteiger partial charge in [0.05, 0.1) is 17.3 Å². The predicted molar refractivity (Wildman–Crippen MR) is 77.2 cm³/mol. The number of furan rings is 1. The van der Waals surface area contributed by atoms with E-state index in [4.69, 9.17) is 4.42 Å². The maximum atomic E-state index is 11.1. The average Bonchev–Trinajstić information content (AvgIpc) is 2.96. The summed E-state index contributed by atoms with van der Waals surface area (Å²) in [5.74, 6) is 0.798. The number of aryl methyl sites for hydroxylation is 1. The van der Waals surface area contributed by atoms with E-state index in [0.717, 1.165) is 11.3 Å². The molecule has 20 heavy (non-hydrogen) atoms. The van der Waals surface area contributed by atoms with Gasteiger partial charge in [0.2, 0.25) is 0 Å². The quantitative estimate of drug-likeness (QED) is 0.676. The number of thiophene rings is 1. The molecule has 0 saturated heterocycles. The Morgan fingerprint density at radius 1 is 1.60 bits per heavy atom. The largest absolute Gasteiger partial charge is 0.469 e. The number of nitro groups is 1. The number of anilines is 1. The summed E-state index contributed by atoms with van der Waals surface area (Å²) in [7, 11) is 1.79. The zero-order valence-corrected chi connectivity index (χ0v) is 12.3. The van der Waals surface area contributed by atoms with Crippen LogP contribution in [0.5, 0.6) is 0 Å². The summed E-state index contributed by atoms with van der Waals surface area (Å²) >= 11 is 1.24. The van der Waals surface area contributed by atoms with Crippen molar-refractivity contribution in [1.82, 2.24) is 0 Å². The van der Waals surface area contributed by atoms with Gasteiger partial charge in [0.1, 0.15) is 5.76 Å². The number of aliphatic hydroxyl groups excluding tert-OH is 1. The van der Waals surface area contributed by atoms with Crippen LogP contribution >= 0.6 is 11.3 Å². The Hall–Kier alpha value is -1.86. The molecule has 0 aromatic carbocycles. The van der Waals surface area contributed by atoms with Crippen LogP contribution in [0.3, 0.4) is 0 Å². The first kappa shape index (κ1) is 14.5. The van der Waals surface area contributed by atoms with Crippen LogP contribution in [0.4, 0.5) is 10.7 Å². The molecule has 0 bridgehead atoms. The Balaban J connectivity index is 2.31. The smallest absolute Gasteiger partial charge is 0.304 e. The molecular formula is C13H16N2O4S. The second-order valence-corrected chi connectivity index (χ2v) is 5.69. The minimum absolute atomic E-state index is 0.0227. The fourth-order valence-corrected chi connectivity index (χ4v) is 2.93. The van der Waals surface area contributed by atoms with Gasteiger partial charge in [-0.25, -0.2) is 0 Å². The molecule has 108 valence electrons. The standard InChI is InChI=1S/C13H16N2O4S/c1-8(16)12-6-11(15(17)18)13(20-12)14(3)7-10-4-5-19-9(10)2/h4-6,8,16H,7H2,1-3H3. The lowest BCUT2D eigenvalue weighted by Crippen LogP contribution is -2.16. The van der Waals surface area contributed by atoms with Crippen molar-refractivity contribution in [3.8, 4) is 0 Å². The third kappa shape index (κ3) is 2.83. The van der Waals surface area contributed by atoms with Gasteiger partial charge in [0.15, 0.2) is 5.00 Å². The van der Waals surface area contributed by atoms with Crippen molar-refractivity contribution >= 4 is 22.0 Å². The van der Waals surface area contributed by atoms with Gasteiger partial charge in [-0.3, -0.25) is 10.1 Å². The minimum atomic E-state index is -0.712. The summed E-state index contributed by atoms with van der Waals surface area (Å²) in [5, 5.41) is 21.2. The Morgan fingerprint density at radius 3 is 2.80 bits per heavy atom. The van der Waals surface area contributed by atoms with Gasteiger partial charge in [-0.2, -0.15) is 0 Å². The molecule has 1 atom stereocenters. The first-order chi connectivity index (χ1) is 9.40. The van der Waals surface area contributed by atoms with Crippen molar-refractivity contribution in [1.29, 1.82) is 0 Å². The molecule has 6 nitrogen and oxygen atoms in total. The molecule has 2 rings (SSSR count). The lowest BCUT2D eigenvalue weighted by atomic mass is 10.2. The van der Waals surface area contributed by atoms with Crippen LogP contribution < -0.4 is 4.90 Å². The van der Waals surface area contributed by atoms with E-state index in [1.165, 1.54) is 17.4 Å². The molecule has 0 radical (unpaired) electrons. The van der Waals surface area contributed by atoms with Crippen molar-refractivity contribution in [2.24, 2.45) is 0 Å². The zero-order valence-electron chi connectivity index (χ0n) is 11.5. The highest BCUT2D eigenvalue weighted by atomic mass is 32.1. The fraction of sp³-hybridized carbons (Fsp3) is 0.385. The van der Waals surface area contributed by atoms with Crippen LogP contribution in [0, 0.1) is 17.0 Å². The van der Waals surface area contributed by atoms with Crippen molar-refractivity contribution in [2.75, 3.05) is 11.9 Å². The fourth-order valence-electron chi connectivity index (χ4n) is 1.90. The molecule has 1 unspecified atom stereocenters. The average molecular weight is 296 g/mol. The molecule has 0 saturated carbocycles. The number of aliphatic hydroxyl groups is 1. The molecule has 0 aliphatic rings. The molecule has 2 aromatic rings. The molecule has 0 aliphatic carbocycles. The van der Waals surface area contributed by atoms with Gasteiger partial charge >= 0.3 is 5.69 Å². The maximum absolute atomic E-state index is 11.1. The van der Waals surface area contributed by atoms with Gasteiger partial charge in [-0.05, 0) is 19.9 Å². The second-order valence-electron chi connectivity index (χ2n) is 4.63. The van der Waals surface area contributed by atoms with Crippen LogP contribution in [0.25, 0.3) is 0 Å². The predicted octanol–water partition coefficient (Wildman–Crippen LogP) is 3.25. The first-order valence-corrected chi connectivity index (χ1v) is 6.92. The lowest BCUT2D eigenvalue weighted by molar-refractivity contribution is -0.383. The molecule has 0 spiro atoms. The van der Waals surface area contributed by atoms with Crippen molar-refractivity contribution in [2.45, 2.75) is 26.5 Å². The van der Waals surface area contributed by atoms with Crippen molar-refractivity contribution in [3.63, 3.8) is 0 Å². The lowest BCUT2D eigenvalue weighted by Gasteiger charge is -2.16. The van der Waals surface area contributed by atoms with Crippen LogP contribution in [0.1, 0.15) is 29.2 Å². The summed E-state index contributed by atoms with van der Waals surface area (Å²) in [6, 6.07) is 3.28. The Labute approximate surface area is 120 Å². The first-order valence-electron chi connectivity index (χ1n) is 6.10. The highest BCUT2D eigenvalue weighted by molar-refractivity contribution is 7.16. The second kappa shape index (κ2) is 5.64. The molecular weight excluding hydrogens is 280 g/mol. The van der Waals surface area contributed by atoms with E-state index in [-0.39, 0.29) is 5.69 Å². The topological polar surface area (TPSA) is 79.8 Å². The van der Waals surface area contributed by atoms with E-state index in [1.807, 2.05) is 13.0 Å². The summed E-state index contributed by atoms with van der Waals surface area (Å²) in [6.45, 7) is 3.97. The highest BCUT2D eigenvalue weighted by Gasteiger charge is 2.24. The van der Waals surface area contributed by atoms with E-state index < -0.39 is 11.0 Å². The van der Waals surface area contributed by atoms with Gasteiger partial charge in [-0.1, -0.05) is 0 Å². The summed E-state index contributed by atoms with van der Waals surface area (Å²) in [4.78, 5) is 13.1. The number of rotatable bonds is 5. The van der Waals surface area contributed by atoms with Crippen molar-refractivity contribution in [3.05, 3.63) is 44.7 Å². The van der Waals surface area contributed by atoms with Gasteiger partial charge in [-0.15, -0.1) is 11.3 Å². The van der Waals surface area contributed by atoms with E-state index in [1.54, 1.807) is 25.1 Å². The summed E-state index contributed by atoms with van der Waals surface area (Å²) in [6.07, 6.45) is 0.888. The summed E-state index contributed by atoms with van der Waals surface area (Å²) in [5.41, 5.74) is 1.00. The number of hydrogen-bond acceptors (Lipinski definition) is 6. The normalized spacial score (nSPS) is 12.4. The Kier molecular flexibility index (Phi) is 4.10. The van der Waals surface area contributed by atoms with E-state index in [2.05, 4.69) is 0 Å². The Morgan fingerprint density at radius 2 is 2.30 bits per heavy atom. The van der Waals surface area contributed by atoms with Gasteiger partial charge < -0.3 is 14.4 Å². The van der Waals surface area contributed by atoms with Crippen LogP contribution in [-0.4, -0.2) is 17.1 Å². The molecule has 1 N–H and O–H groups in total. The van der Waals surface area contributed by atoms with E-state index >= 15 is 0 Å². The highest BCUT2D eigenvalue weighted by Crippen LogP contribution is 2.40. The monoisotopic (exact) mass is 296 g/mol. The van der Waals surface area contributed by atoms with Gasteiger partial charge in [0, 0.05) is 30.1 Å². The molecule has 0 fully saturated rings. The van der Waals surface area contributed by atoms with Crippen LogP contribution in [-0.2, 0) is 6.54 Å². The van der Waals surface area contributed by atoms with Crippen LogP contribution in [0.15, 0.2) is 22.8 Å². The molecule has 0 aliphatic heterocycles. The summed E-state index contributed by atoms with van der Waals surface area (Å²) < 4.78 is 5.23. The SMILES string of the molecule is Cc1occc1CN(C)c1sc(C(C)O)cc1[N+](=O)[O-]. The van der Waals surface area contributed by atoms with Crippen molar-refractivity contribution < 1.29 is 14.4 Å². The number of nitrogens with zero attached hydrogens (tertiary/aromatic N) is 2. The number of hydrogen-bond donors (Lipinski definition) is 1. The van der Waals surface area contributed by atoms with E-state index in [0.29, 0.717) is 16.4 Å². The molecule has 2 aromatic heterocycles. The zero-order chi connectivity index (χ0) is 14.9. The minimum Gasteiger partial charge on any atom is -0.469 e. The molecule has 7 heteroatoms.